The molecule has 2 N–H and O–H groups in total. The summed E-state index contributed by atoms with van der Waals surface area (Å²) in [6, 6.07) is 1.87. The van der Waals surface area contributed by atoms with Gasteiger partial charge < -0.3 is 10.4 Å². The van der Waals surface area contributed by atoms with Crippen LogP contribution in [-0.4, -0.2) is 32.9 Å². The van der Waals surface area contributed by atoms with Crippen LogP contribution < -0.4 is 5.32 Å². The number of nitrogens with one attached hydrogen (secondary N) is 1. The van der Waals surface area contributed by atoms with E-state index in [1.807, 2.05) is 10.7 Å². The van der Waals surface area contributed by atoms with Gasteiger partial charge in [0, 0.05) is 12.2 Å². The number of nitrogens with zero attached hydrogens (tertiary/aromatic N) is 2. The molecule has 1 aromatic rings. The van der Waals surface area contributed by atoms with E-state index < -0.39 is 5.60 Å². The van der Waals surface area contributed by atoms with Crippen LogP contribution in [-0.2, 0) is 5.54 Å². The van der Waals surface area contributed by atoms with Crippen LogP contribution in [0.25, 0.3) is 0 Å². The van der Waals surface area contributed by atoms with Gasteiger partial charge in [-0.15, -0.1) is 0 Å². The summed E-state index contributed by atoms with van der Waals surface area (Å²) >= 11 is 0. The molecule has 1 aliphatic carbocycles. The fourth-order valence-corrected chi connectivity index (χ4v) is 3.18. The molecular weight excluding hydrogens is 290 g/mol. The lowest BCUT2D eigenvalue weighted by molar-refractivity contribution is 0.00520. The molecule has 0 bridgehead atoms. The van der Waals surface area contributed by atoms with Gasteiger partial charge in [0.15, 0.2) is 0 Å². The number of rotatable bonds is 4. The Balaban J connectivity index is 2.10. The van der Waals surface area contributed by atoms with Gasteiger partial charge in [0.2, 0.25) is 0 Å². The molecule has 1 aliphatic rings. The van der Waals surface area contributed by atoms with E-state index in [0.717, 1.165) is 31.4 Å². The van der Waals surface area contributed by atoms with Crippen LogP contribution in [0.3, 0.4) is 0 Å². The van der Waals surface area contributed by atoms with Crippen molar-refractivity contribution in [3.63, 3.8) is 0 Å². The summed E-state index contributed by atoms with van der Waals surface area (Å²) in [5, 5.41) is 17.9. The lowest BCUT2D eigenvalue weighted by Gasteiger charge is -2.31. The predicted molar refractivity (Wildman–Crippen MR) is 91.7 cm³/mol. The minimum absolute atomic E-state index is 0.167. The number of hydrogen-bond donors (Lipinski definition) is 2. The first-order valence-electron chi connectivity index (χ1n) is 8.73. The van der Waals surface area contributed by atoms with Crippen LogP contribution in [0, 0.1) is 0 Å². The van der Waals surface area contributed by atoms with Gasteiger partial charge in [-0.2, -0.15) is 5.10 Å². The van der Waals surface area contributed by atoms with Crippen LogP contribution in [0.2, 0.25) is 0 Å². The zero-order chi connectivity index (χ0) is 17.3. The first-order valence-corrected chi connectivity index (χ1v) is 8.73. The Labute approximate surface area is 139 Å². The SMILES string of the molecule is CC(C)c1cc(C(=O)NCC2(O)CCCCC2)nn1C(C)(C)C. The van der Waals surface area contributed by atoms with Crippen molar-refractivity contribution in [1.29, 1.82) is 0 Å². The van der Waals surface area contributed by atoms with E-state index in [-0.39, 0.29) is 11.4 Å². The molecule has 2 rings (SSSR count). The van der Waals surface area contributed by atoms with Crippen molar-refractivity contribution in [3.05, 3.63) is 17.5 Å². The second kappa shape index (κ2) is 6.63. The van der Waals surface area contributed by atoms with Crippen LogP contribution in [0.4, 0.5) is 0 Å². The lowest BCUT2D eigenvalue weighted by atomic mass is 9.85. The van der Waals surface area contributed by atoms with Gasteiger partial charge in [-0.05, 0) is 45.6 Å². The van der Waals surface area contributed by atoms with Crippen molar-refractivity contribution in [2.45, 2.75) is 83.8 Å². The molecule has 0 atom stereocenters. The lowest BCUT2D eigenvalue weighted by Crippen LogP contribution is -2.44. The molecule has 1 aromatic heterocycles. The molecule has 0 aliphatic heterocycles. The third kappa shape index (κ3) is 4.34. The maximum Gasteiger partial charge on any atom is 0.271 e. The highest BCUT2D eigenvalue weighted by molar-refractivity contribution is 5.92. The molecule has 0 aromatic carbocycles. The smallest absolute Gasteiger partial charge is 0.271 e. The monoisotopic (exact) mass is 321 g/mol. The highest BCUT2D eigenvalue weighted by atomic mass is 16.3. The molecule has 0 saturated heterocycles. The zero-order valence-corrected chi connectivity index (χ0v) is 15.1. The molecule has 1 saturated carbocycles. The molecule has 0 radical (unpaired) electrons. The quantitative estimate of drug-likeness (QED) is 0.895. The normalized spacial score (nSPS) is 18.2. The second-order valence-corrected chi connectivity index (χ2v) is 8.16. The van der Waals surface area contributed by atoms with Crippen molar-refractivity contribution >= 4 is 5.91 Å². The van der Waals surface area contributed by atoms with Crippen molar-refractivity contribution in [2.75, 3.05) is 6.54 Å². The second-order valence-electron chi connectivity index (χ2n) is 8.16. The van der Waals surface area contributed by atoms with Crippen LogP contribution in [0.1, 0.15) is 88.8 Å². The summed E-state index contributed by atoms with van der Waals surface area (Å²) < 4.78 is 1.93. The van der Waals surface area contributed by atoms with Crippen LogP contribution in [0.15, 0.2) is 6.07 Å². The summed E-state index contributed by atoms with van der Waals surface area (Å²) in [6.07, 6.45) is 4.76. The summed E-state index contributed by atoms with van der Waals surface area (Å²) in [6.45, 7) is 10.8. The highest BCUT2D eigenvalue weighted by Gasteiger charge is 2.30. The summed E-state index contributed by atoms with van der Waals surface area (Å²) in [7, 11) is 0. The number of aromatic nitrogens is 2. The third-order valence-electron chi connectivity index (χ3n) is 4.56. The predicted octanol–water partition coefficient (Wildman–Crippen LogP) is 3.19. The molecule has 1 heterocycles. The average molecular weight is 321 g/mol. The topological polar surface area (TPSA) is 67.2 Å². The standard InChI is InChI=1S/C18H31N3O2/c1-13(2)15-11-14(20-21(15)17(3,4)5)16(22)19-12-18(23)9-7-6-8-10-18/h11,13,23H,6-10,12H2,1-5H3,(H,19,22). The Morgan fingerprint density at radius 1 is 1.35 bits per heavy atom. The third-order valence-corrected chi connectivity index (χ3v) is 4.56. The van der Waals surface area contributed by atoms with Gasteiger partial charge in [-0.3, -0.25) is 9.48 Å². The summed E-state index contributed by atoms with van der Waals surface area (Å²) in [4.78, 5) is 12.4. The number of hydrogen-bond acceptors (Lipinski definition) is 3. The van der Waals surface area contributed by atoms with Crippen molar-refractivity contribution in [1.82, 2.24) is 15.1 Å². The highest BCUT2D eigenvalue weighted by Crippen LogP contribution is 2.27. The Morgan fingerprint density at radius 3 is 2.43 bits per heavy atom. The van der Waals surface area contributed by atoms with E-state index in [4.69, 9.17) is 0 Å². The Bertz CT molecular complexity index is 549. The first kappa shape index (κ1) is 18.0. The molecule has 0 unspecified atom stereocenters. The van der Waals surface area contributed by atoms with E-state index in [2.05, 4.69) is 45.0 Å². The van der Waals surface area contributed by atoms with Crippen molar-refractivity contribution in [3.8, 4) is 0 Å². The van der Waals surface area contributed by atoms with E-state index >= 15 is 0 Å². The fourth-order valence-electron chi connectivity index (χ4n) is 3.18. The van der Waals surface area contributed by atoms with Crippen molar-refractivity contribution in [2.24, 2.45) is 0 Å². The summed E-state index contributed by atoms with van der Waals surface area (Å²) in [5.74, 6) is 0.0969. The van der Waals surface area contributed by atoms with Gasteiger partial charge in [0.05, 0.1) is 11.1 Å². The number of amides is 1. The number of carbonyl (C=O) groups is 1. The maximum absolute atomic E-state index is 12.4. The van der Waals surface area contributed by atoms with Crippen molar-refractivity contribution < 1.29 is 9.90 Å². The van der Waals surface area contributed by atoms with E-state index in [1.54, 1.807) is 0 Å². The van der Waals surface area contributed by atoms with Gasteiger partial charge in [0.1, 0.15) is 5.69 Å². The molecule has 130 valence electrons. The molecule has 5 heteroatoms. The molecule has 1 fully saturated rings. The fraction of sp³-hybridized carbons (Fsp3) is 0.778. The Kier molecular flexibility index (Phi) is 5.19. The van der Waals surface area contributed by atoms with E-state index in [9.17, 15) is 9.90 Å². The van der Waals surface area contributed by atoms with Gasteiger partial charge in [-0.25, -0.2) is 0 Å². The molecule has 5 nitrogen and oxygen atoms in total. The number of carbonyl (C=O) groups excluding carboxylic acids is 1. The minimum Gasteiger partial charge on any atom is -0.388 e. The molecule has 23 heavy (non-hydrogen) atoms. The van der Waals surface area contributed by atoms with E-state index in [0.29, 0.717) is 18.2 Å². The minimum atomic E-state index is -0.749. The molecule has 1 amide bonds. The average Bonchev–Trinajstić information content (AvgIpc) is 2.91. The maximum atomic E-state index is 12.4. The van der Waals surface area contributed by atoms with Gasteiger partial charge in [-0.1, -0.05) is 33.1 Å². The van der Waals surface area contributed by atoms with Gasteiger partial charge in [0.25, 0.3) is 5.91 Å². The van der Waals surface area contributed by atoms with Crippen LogP contribution >= 0.6 is 0 Å². The number of aliphatic hydroxyl groups is 1. The van der Waals surface area contributed by atoms with Crippen LogP contribution in [0.5, 0.6) is 0 Å². The Morgan fingerprint density at radius 2 is 1.96 bits per heavy atom. The zero-order valence-electron chi connectivity index (χ0n) is 15.1. The van der Waals surface area contributed by atoms with E-state index in [1.165, 1.54) is 6.42 Å². The molecular formula is C18H31N3O2. The largest absolute Gasteiger partial charge is 0.388 e. The van der Waals surface area contributed by atoms with Gasteiger partial charge >= 0.3 is 0 Å². The first-order chi connectivity index (χ1) is 10.6. The Hall–Kier alpha value is -1.36. The molecule has 0 spiro atoms. The summed E-state index contributed by atoms with van der Waals surface area (Å²) in [5.41, 5.74) is 0.572.